The van der Waals surface area contributed by atoms with E-state index in [1.807, 2.05) is 0 Å². The number of fused-ring (bicyclic) bond motifs is 1. The molecule has 8 nitrogen and oxygen atoms in total. The highest BCUT2D eigenvalue weighted by atomic mass is 35.5. The van der Waals surface area contributed by atoms with Crippen LogP contribution in [0.15, 0.2) is 24.4 Å². The predicted molar refractivity (Wildman–Crippen MR) is 118 cm³/mol. The Morgan fingerprint density at radius 1 is 1.45 bits per heavy atom. The maximum atomic E-state index is 14.5. The van der Waals surface area contributed by atoms with Crippen LogP contribution in [0.4, 0.5) is 10.1 Å². The SMILES string of the molecule is CCN1CCC(Nc2c(Cl)cnc3[nH]c(-c4ccc(OCC(=O)NC)c(F)c4)nc23)C1. The third-order valence-corrected chi connectivity index (χ3v) is 5.66. The molecule has 0 radical (unpaired) electrons. The largest absolute Gasteiger partial charge is 0.481 e. The van der Waals surface area contributed by atoms with Gasteiger partial charge in [-0.3, -0.25) is 4.79 Å². The van der Waals surface area contributed by atoms with E-state index in [1.54, 1.807) is 12.3 Å². The molecule has 3 N–H and O–H groups in total. The number of carbonyl (C=O) groups is 1. The summed E-state index contributed by atoms with van der Waals surface area (Å²) >= 11 is 6.42. The third kappa shape index (κ3) is 4.57. The zero-order chi connectivity index (χ0) is 22.0. The first kappa shape index (κ1) is 21.3. The molecule has 31 heavy (non-hydrogen) atoms. The number of aromatic nitrogens is 3. The number of anilines is 1. The van der Waals surface area contributed by atoms with E-state index in [0.717, 1.165) is 31.7 Å². The van der Waals surface area contributed by atoms with Gasteiger partial charge in [0.1, 0.15) is 11.3 Å². The smallest absolute Gasteiger partial charge is 0.257 e. The normalized spacial score (nSPS) is 16.6. The van der Waals surface area contributed by atoms with Gasteiger partial charge in [-0.1, -0.05) is 18.5 Å². The second-order valence-corrected chi connectivity index (χ2v) is 7.80. The quantitative estimate of drug-likeness (QED) is 0.516. The molecule has 0 aliphatic carbocycles. The fraction of sp³-hybridized carbons (Fsp3) is 0.381. The lowest BCUT2D eigenvalue weighted by Crippen LogP contribution is -2.26. The summed E-state index contributed by atoms with van der Waals surface area (Å²) in [5.41, 5.74) is 2.43. The van der Waals surface area contributed by atoms with Gasteiger partial charge in [0.05, 0.1) is 16.9 Å². The van der Waals surface area contributed by atoms with Gasteiger partial charge >= 0.3 is 0 Å². The number of likely N-dealkylation sites (N-methyl/N-ethyl adjacent to an activating group) is 2. The number of H-pyrrole nitrogens is 1. The molecule has 1 aliphatic heterocycles. The highest BCUT2D eigenvalue weighted by molar-refractivity contribution is 6.34. The van der Waals surface area contributed by atoms with E-state index in [0.29, 0.717) is 27.6 Å². The fourth-order valence-corrected chi connectivity index (χ4v) is 3.82. The average molecular weight is 447 g/mol. The van der Waals surface area contributed by atoms with Crippen LogP contribution in [0.3, 0.4) is 0 Å². The van der Waals surface area contributed by atoms with Gasteiger partial charge in [-0.25, -0.2) is 14.4 Å². The lowest BCUT2D eigenvalue weighted by Gasteiger charge is -2.16. The molecule has 0 spiro atoms. The molecular weight excluding hydrogens is 423 g/mol. The van der Waals surface area contributed by atoms with Gasteiger partial charge in [-0.2, -0.15) is 0 Å². The summed E-state index contributed by atoms with van der Waals surface area (Å²) in [7, 11) is 1.49. The van der Waals surface area contributed by atoms with Crippen molar-refractivity contribution in [2.75, 3.05) is 38.6 Å². The summed E-state index contributed by atoms with van der Waals surface area (Å²) in [6.45, 7) is 4.88. The van der Waals surface area contributed by atoms with Gasteiger partial charge in [-0.15, -0.1) is 0 Å². The molecule has 1 fully saturated rings. The van der Waals surface area contributed by atoms with Crippen LogP contribution in [0.25, 0.3) is 22.6 Å². The number of carbonyl (C=O) groups excluding carboxylic acids is 1. The van der Waals surface area contributed by atoms with E-state index in [-0.39, 0.29) is 24.3 Å². The second-order valence-electron chi connectivity index (χ2n) is 7.39. The molecule has 4 rings (SSSR count). The minimum absolute atomic E-state index is 0.00584. The van der Waals surface area contributed by atoms with Crippen molar-refractivity contribution in [1.82, 2.24) is 25.2 Å². The van der Waals surface area contributed by atoms with E-state index in [9.17, 15) is 9.18 Å². The maximum Gasteiger partial charge on any atom is 0.257 e. The number of ether oxygens (including phenoxy) is 1. The molecule has 1 amide bonds. The number of benzene rings is 1. The summed E-state index contributed by atoms with van der Waals surface area (Å²) in [4.78, 5) is 25.8. The maximum absolute atomic E-state index is 14.5. The first-order valence-electron chi connectivity index (χ1n) is 10.1. The molecule has 0 saturated carbocycles. The number of rotatable bonds is 7. The molecule has 3 heterocycles. The van der Waals surface area contributed by atoms with Crippen LogP contribution >= 0.6 is 11.6 Å². The van der Waals surface area contributed by atoms with Crippen molar-refractivity contribution >= 4 is 34.4 Å². The summed E-state index contributed by atoms with van der Waals surface area (Å²) in [6.07, 6.45) is 2.60. The van der Waals surface area contributed by atoms with Crippen LogP contribution in [0.5, 0.6) is 5.75 Å². The molecular formula is C21H24ClFN6O2. The number of hydrogen-bond donors (Lipinski definition) is 3. The highest BCUT2D eigenvalue weighted by Gasteiger charge is 2.23. The van der Waals surface area contributed by atoms with Crippen LogP contribution in [-0.2, 0) is 4.79 Å². The Morgan fingerprint density at radius 3 is 3.00 bits per heavy atom. The summed E-state index contributed by atoms with van der Waals surface area (Å²) in [5.74, 6) is -0.468. The van der Waals surface area contributed by atoms with Crippen molar-refractivity contribution in [2.45, 2.75) is 19.4 Å². The minimum atomic E-state index is -0.586. The molecule has 1 unspecified atom stereocenters. The van der Waals surface area contributed by atoms with Crippen molar-refractivity contribution in [2.24, 2.45) is 0 Å². The van der Waals surface area contributed by atoms with Gasteiger partial charge in [0.25, 0.3) is 5.91 Å². The summed E-state index contributed by atoms with van der Waals surface area (Å²) < 4.78 is 19.7. The molecule has 10 heteroatoms. The van der Waals surface area contributed by atoms with Gasteiger partial charge < -0.3 is 25.3 Å². The van der Waals surface area contributed by atoms with Crippen LogP contribution in [0.1, 0.15) is 13.3 Å². The molecule has 2 aromatic heterocycles. The predicted octanol–water partition coefficient (Wildman–Crippen LogP) is 3.05. The molecule has 3 aromatic rings. The standard InChI is InChI=1S/C21H24ClFN6O2/c1-3-29-7-6-13(10-29)26-18-14(22)9-25-21-19(18)27-20(28-21)12-4-5-16(15(23)8-12)31-11-17(30)24-2/h4-5,8-9,13H,3,6-7,10-11H2,1-2H3,(H,24,30)(H2,25,26,27,28). The summed E-state index contributed by atoms with van der Waals surface area (Å²) in [6, 6.07) is 4.72. The van der Waals surface area contributed by atoms with E-state index >= 15 is 0 Å². The van der Waals surface area contributed by atoms with E-state index < -0.39 is 5.82 Å². The number of nitrogens with one attached hydrogen (secondary N) is 3. The first-order valence-corrected chi connectivity index (χ1v) is 10.5. The third-order valence-electron chi connectivity index (χ3n) is 5.38. The van der Waals surface area contributed by atoms with Crippen LogP contribution in [-0.4, -0.2) is 65.1 Å². The summed E-state index contributed by atoms with van der Waals surface area (Å²) in [5, 5.41) is 6.42. The number of aromatic amines is 1. The molecule has 1 saturated heterocycles. The van der Waals surface area contributed by atoms with Gasteiger partial charge in [0.2, 0.25) is 0 Å². The van der Waals surface area contributed by atoms with Gasteiger partial charge in [0.15, 0.2) is 23.8 Å². The molecule has 1 aliphatic rings. The molecule has 1 atom stereocenters. The van der Waals surface area contributed by atoms with Crippen molar-refractivity contribution < 1.29 is 13.9 Å². The monoisotopic (exact) mass is 446 g/mol. The molecule has 164 valence electrons. The van der Waals surface area contributed by atoms with Crippen molar-refractivity contribution in [1.29, 1.82) is 0 Å². The Hall–Kier alpha value is -2.91. The van der Waals surface area contributed by atoms with E-state index in [2.05, 4.69) is 37.4 Å². The number of likely N-dealkylation sites (tertiary alicyclic amines) is 1. The number of amides is 1. The average Bonchev–Trinajstić information content (AvgIpc) is 3.41. The Labute approximate surface area is 184 Å². The number of hydrogen-bond acceptors (Lipinski definition) is 6. The zero-order valence-corrected chi connectivity index (χ0v) is 18.1. The lowest BCUT2D eigenvalue weighted by molar-refractivity contribution is -0.122. The Balaban J connectivity index is 1.59. The van der Waals surface area contributed by atoms with Crippen molar-refractivity contribution in [3.05, 3.63) is 35.2 Å². The number of imidazole rings is 1. The van der Waals surface area contributed by atoms with E-state index in [4.69, 9.17) is 16.3 Å². The Morgan fingerprint density at radius 2 is 2.29 bits per heavy atom. The van der Waals surface area contributed by atoms with Crippen molar-refractivity contribution in [3.8, 4) is 17.1 Å². The number of nitrogens with zero attached hydrogens (tertiary/aromatic N) is 3. The number of halogens is 2. The van der Waals surface area contributed by atoms with Gasteiger partial charge in [0, 0.05) is 31.7 Å². The van der Waals surface area contributed by atoms with Crippen LogP contribution < -0.4 is 15.4 Å². The number of pyridine rings is 1. The highest BCUT2D eigenvalue weighted by Crippen LogP contribution is 2.32. The van der Waals surface area contributed by atoms with Crippen molar-refractivity contribution in [3.63, 3.8) is 0 Å². The molecule has 1 aromatic carbocycles. The topological polar surface area (TPSA) is 95.2 Å². The fourth-order valence-electron chi connectivity index (χ4n) is 3.63. The first-order chi connectivity index (χ1) is 15.0. The Kier molecular flexibility index (Phi) is 6.24. The van der Waals surface area contributed by atoms with Crippen LogP contribution in [0, 0.1) is 5.82 Å². The lowest BCUT2D eigenvalue weighted by atomic mass is 10.2. The molecule has 0 bridgehead atoms. The minimum Gasteiger partial charge on any atom is -0.481 e. The van der Waals surface area contributed by atoms with Crippen LogP contribution in [0.2, 0.25) is 5.02 Å². The zero-order valence-electron chi connectivity index (χ0n) is 17.3. The Bertz CT molecular complexity index is 1100. The van der Waals surface area contributed by atoms with Gasteiger partial charge in [-0.05, 0) is 31.2 Å². The second kappa shape index (κ2) is 9.07. The van der Waals surface area contributed by atoms with E-state index in [1.165, 1.54) is 19.2 Å².